The van der Waals surface area contributed by atoms with Gasteiger partial charge in [0, 0.05) is 30.2 Å². The van der Waals surface area contributed by atoms with Crippen LogP contribution >= 0.6 is 0 Å². The van der Waals surface area contributed by atoms with Crippen LogP contribution in [-0.4, -0.2) is 17.1 Å². The molecule has 4 heteroatoms. The van der Waals surface area contributed by atoms with E-state index in [0.717, 1.165) is 28.0 Å². The Morgan fingerprint density at radius 2 is 1.81 bits per heavy atom. The fourth-order valence-electron chi connectivity index (χ4n) is 2.39. The van der Waals surface area contributed by atoms with Crippen molar-refractivity contribution in [1.29, 1.82) is 0 Å². The number of anilines is 2. The van der Waals surface area contributed by atoms with E-state index in [1.165, 1.54) is 0 Å². The second-order valence-corrected chi connectivity index (χ2v) is 4.94. The second-order valence-electron chi connectivity index (χ2n) is 4.94. The molecular weight excluding hydrogens is 262 g/mol. The van der Waals surface area contributed by atoms with Crippen LogP contribution in [0.5, 0.6) is 5.75 Å². The first-order valence-electron chi connectivity index (χ1n) is 6.80. The van der Waals surface area contributed by atoms with Crippen molar-refractivity contribution in [2.75, 3.05) is 11.9 Å². The molecule has 0 fully saturated rings. The van der Waals surface area contributed by atoms with Gasteiger partial charge in [-0.25, -0.2) is 4.98 Å². The number of benzene rings is 2. The highest BCUT2D eigenvalue weighted by molar-refractivity contribution is 5.82. The Labute approximate surface area is 123 Å². The normalized spacial score (nSPS) is 10.8. The van der Waals surface area contributed by atoms with Gasteiger partial charge in [0.05, 0.1) is 5.52 Å². The van der Waals surface area contributed by atoms with Crippen molar-refractivity contribution in [3.05, 3.63) is 60.2 Å². The maximum Gasteiger partial charge on any atom is 0.137 e. The summed E-state index contributed by atoms with van der Waals surface area (Å²) in [5.41, 5.74) is 8.75. The van der Waals surface area contributed by atoms with Gasteiger partial charge in [-0.1, -0.05) is 18.2 Å². The van der Waals surface area contributed by atoms with Gasteiger partial charge in [-0.2, -0.15) is 0 Å². The average Bonchev–Trinajstić information content (AvgIpc) is 2.53. The van der Waals surface area contributed by atoms with Gasteiger partial charge in [0.2, 0.25) is 0 Å². The predicted octanol–water partition coefficient (Wildman–Crippen LogP) is 3.17. The molecule has 21 heavy (non-hydrogen) atoms. The van der Waals surface area contributed by atoms with Gasteiger partial charge in [-0.05, 0) is 36.4 Å². The number of rotatable bonds is 3. The van der Waals surface area contributed by atoms with E-state index in [1.54, 1.807) is 12.1 Å². The molecule has 4 nitrogen and oxygen atoms in total. The number of fused-ring (bicyclic) bond motifs is 1. The quantitative estimate of drug-likeness (QED) is 0.773. The molecule has 1 heterocycles. The molecule has 0 radical (unpaired) electrons. The number of nitrogens with two attached hydrogens (primary N) is 1. The Bertz CT molecular complexity index is 769. The fraction of sp³-hybridized carbons (Fsp3) is 0.118. The minimum atomic E-state index is 0.248. The summed E-state index contributed by atoms with van der Waals surface area (Å²) < 4.78 is 0. The first kappa shape index (κ1) is 13.4. The topological polar surface area (TPSA) is 62.4 Å². The van der Waals surface area contributed by atoms with Crippen LogP contribution in [-0.2, 0) is 6.54 Å². The van der Waals surface area contributed by atoms with Crippen LogP contribution in [0.3, 0.4) is 0 Å². The third-order valence-corrected chi connectivity index (χ3v) is 3.55. The SMILES string of the molecule is CN(c1ccc(O)cc1)c1nc2ccccc2cc1CN. The number of pyridine rings is 1. The zero-order valence-electron chi connectivity index (χ0n) is 11.8. The van der Waals surface area contributed by atoms with Gasteiger partial charge in [0.15, 0.2) is 0 Å². The predicted molar refractivity (Wildman–Crippen MR) is 85.8 cm³/mol. The second kappa shape index (κ2) is 5.42. The van der Waals surface area contributed by atoms with Crippen molar-refractivity contribution in [2.45, 2.75) is 6.54 Å². The van der Waals surface area contributed by atoms with E-state index in [4.69, 9.17) is 10.7 Å². The lowest BCUT2D eigenvalue weighted by Gasteiger charge is -2.21. The molecular formula is C17H17N3O. The zero-order valence-corrected chi connectivity index (χ0v) is 11.8. The van der Waals surface area contributed by atoms with E-state index in [9.17, 15) is 5.11 Å². The molecule has 3 aromatic rings. The van der Waals surface area contributed by atoms with Crippen LogP contribution in [0, 0.1) is 0 Å². The van der Waals surface area contributed by atoms with Gasteiger partial charge in [0.25, 0.3) is 0 Å². The van der Waals surface area contributed by atoms with Crippen LogP contribution < -0.4 is 10.6 Å². The number of nitrogens with zero attached hydrogens (tertiary/aromatic N) is 2. The molecule has 0 unspecified atom stereocenters. The number of para-hydroxylation sites is 1. The molecule has 0 saturated heterocycles. The Kier molecular flexibility index (Phi) is 3.46. The Morgan fingerprint density at radius 1 is 1.10 bits per heavy atom. The van der Waals surface area contributed by atoms with Crippen molar-refractivity contribution in [1.82, 2.24) is 4.98 Å². The van der Waals surface area contributed by atoms with Crippen LogP contribution in [0.15, 0.2) is 54.6 Å². The molecule has 0 bridgehead atoms. The lowest BCUT2D eigenvalue weighted by atomic mass is 10.1. The van der Waals surface area contributed by atoms with Gasteiger partial charge in [-0.3, -0.25) is 0 Å². The van der Waals surface area contributed by atoms with Crippen molar-refractivity contribution in [3.63, 3.8) is 0 Å². The Balaban J connectivity index is 2.11. The molecule has 0 saturated carbocycles. The third-order valence-electron chi connectivity index (χ3n) is 3.55. The number of hydrogen-bond donors (Lipinski definition) is 2. The molecule has 3 rings (SSSR count). The summed E-state index contributed by atoms with van der Waals surface area (Å²) in [4.78, 5) is 6.71. The Morgan fingerprint density at radius 3 is 2.52 bits per heavy atom. The van der Waals surface area contributed by atoms with Gasteiger partial charge >= 0.3 is 0 Å². The van der Waals surface area contributed by atoms with Gasteiger partial charge in [-0.15, -0.1) is 0 Å². The average molecular weight is 279 g/mol. The molecule has 0 aliphatic rings. The van der Waals surface area contributed by atoms with Gasteiger partial charge < -0.3 is 15.7 Å². The summed E-state index contributed by atoms with van der Waals surface area (Å²) in [7, 11) is 1.95. The lowest BCUT2D eigenvalue weighted by molar-refractivity contribution is 0.475. The molecule has 0 aliphatic heterocycles. The highest BCUT2D eigenvalue weighted by Crippen LogP contribution is 2.28. The highest BCUT2D eigenvalue weighted by Gasteiger charge is 2.12. The number of aromatic nitrogens is 1. The maximum atomic E-state index is 9.40. The summed E-state index contributed by atoms with van der Waals surface area (Å²) in [5.74, 6) is 1.08. The first-order chi connectivity index (χ1) is 10.2. The molecule has 3 N–H and O–H groups in total. The number of phenols is 1. The van der Waals surface area contributed by atoms with Gasteiger partial charge in [0.1, 0.15) is 11.6 Å². The number of phenolic OH excluding ortho intramolecular Hbond substituents is 1. The van der Waals surface area contributed by atoms with E-state index in [0.29, 0.717) is 6.54 Å². The van der Waals surface area contributed by atoms with Crippen molar-refractivity contribution in [3.8, 4) is 5.75 Å². The fourth-order valence-corrected chi connectivity index (χ4v) is 2.39. The Hall–Kier alpha value is -2.59. The first-order valence-corrected chi connectivity index (χ1v) is 6.80. The minimum absolute atomic E-state index is 0.248. The summed E-state index contributed by atoms with van der Waals surface area (Å²) >= 11 is 0. The summed E-state index contributed by atoms with van der Waals surface area (Å²) in [6, 6.07) is 17.1. The van der Waals surface area contributed by atoms with Crippen LogP contribution in [0.1, 0.15) is 5.56 Å². The summed E-state index contributed by atoms with van der Waals surface area (Å²) in [6.07, 6.45) is 0. The lowest BCUT2D eigenvalue weighted by Crippen LogP contribution is -2.15. The summed E-state index contributed by atoms with van der Waals surface area (Å²) in [5, 5.41) is 10.5. The minimum Gasteiger partial charge on any atom is -0.508 e. The molecule has 0 spiro atoms. The van der Waals surface area contributed by atoms with E-state index in [1.807, 2.05) is 48.3 Å². The molecule has 1 aromatic heterocycles. The zero-order chi connectivity index (χ0) is 14.8. The standard InChI is InChI=1S/C17H17N3O/c1-20(14-6-8-15(21)9-7-14)17-13(11-18)10-12-4-2-3-5-16(12)19-17/h2-10,21H,11,18H2,1H3. The monoisotopic (exact) mass is 279 g/mol. The van der Waals surface area contributed by atoms with E-state index < -0.39 is 0 Å². The molecule has 0 atom stereocenters. The maximum absolute atomic E-state index is 9.40. The van der Waals surface area contributed by atoms with E-state index in [2.05, 4.69) is 6.07 Å². The highest BCUT2D eigenvalue weighted by atomic mass is 16.3. The van der Waals surface area contributed by atoms with Crippen LogP contribution in [0.2, 0.25) is 0 Å². The third kappa shape index (κ3) is 2.53. The van der Waals surface area contributed by atoms with Crippen LogP contribution in [0.4, 0.5) is 11.5 Å². The number of hydrogen-bond acceptors (Lipinski definition) is 4. The van der Waals surface area contributed by atoms with Crippen LogP contribution in [0.25, 0.3) is 10.9 Å². The van der Waals surface area contributed by atoms with Crippen molar-refractivity contribution >= 4 is 22.4 Å². The van der Waals surface area contributed by atoms with E-state index >= 15 is 0 Å². The largest absolute Gasteiger partial charge is 0.508 e. The number of aromatic hydroxyl groups is 1. The molecule has 106 valence electrons. The molecule has 0 aliphatic carbocycles. The van der Waals surface area contributed by atoms with Crippen molar-refractivity contribution < 1.29 is 5.11 Å². The molecule has 0 amide bonds. The van der Waals surface area contributed by atoms with Crippen molar-refractivity contribution in [2.24, 2.45) is 5.73 Å². The van der Waals surface area contributed by atoms with E-state index in [-0.39, 0.29) is 5.75 Å². The summed E-state index contributed by atoms with van der Waals surface area (Å²) in [6.45, 7) is 0.426. The smallest absolute Gasteiger partial charge is 0.137 e. The molecule has 2 aromatic carbocycles.